The number of phenolic OH excluding ortho intramolecular Hbond substituents is 1. The molecule has 0 saturated heterocycles. The number of hydrogen-bond acceptors (Lipinski definition) is 3. The van der Waals surface area contributed by atoms with Crippen LogP contribution >= 0.6 is 0 Å². The van der Waals surface area contributed by atoms with Crippen molar-refractivity contribution in [2.75, 3.05) is 0 Å². The number of hydrogen-bond donors (Lipinski definition) is 1. The van der Waals surface area contributed by atoms with Crippen molar-refractivity contribution in [2.45, 2.75) is 125 Å². The molecule has 370 valence electrons. The van der Waals surface area contributed by atoms with Gasteiger partial charge in [-0.3, -0.25) is 9.55 Å². The zero-order valence-corrected chi connectivity index (χ0v) is 45.9. The van der Waals surface area contributed by atoms with E-state index < -0.39 is 42.0 Å². The van der Waals surface area contributed by atoms with Gasteiger partial charge in [0.15, 0.2) is 0 Å². The number of benzene rings is 7. The minimum absolute atomic E-state index is 0. The Hall–Kier alpha value is -6.35. The van der Waals surface area contributed by atoms with Crippen LogP contribution in [-0.4, -0.2) is 19.6 Å². The monoisotopic (exact) mass is 1140 g/mol. The van der Waals surface area contributed by atoms with Gasteiger partial charge in [-0.2, -0.15) is 0 Å². The maximum absolute atomic E-state index is 12.5. The molecule has 5 heteroatoms. The zero-order valence-electron chi connectivity index (χ0n) is 53.7. The number of imidazole rings is 1. The third-order valence-electron chi connectivity index (χ3n) is 13.4. The molecule has 0 amide bonds. The van der Waals surface area contributed by atoms with Crippen LogP contribution in [0.25, 0.3) is 83.9 Å². The SMILES string of the molecule is [2H]c1nc(-c2[c-]c(-c3cccc4c3nc(-c3cc(C(C)C)cc(C(C)C)c3O)n4-c3ccc(-c4c(-c5ccccc5)cccc4C(C)(C)C)cc3C([2H])([2H])[2H])cc(C(C)(C)C)c2)c([2H])c(-c2c([2H])c([2H])c(C(C)(C)C)c([2H])c2[2H])c1[2H].[Pt]. The van der Waals surface area contributed by atoms with Crippen molar-refractivity contribution in [3.63, 3.8) is 0 Å². The van der Waals surface area contributed by atoms with Gasteiger partial charge < -0.3 is 5.11 Å². The molecular weight excluding hydrogens is 1060 g/mol. The van der Waals surface area contributed by atoms with Crippen LogP contribution in [-0.2, 0) is 37.3 Å². The Balaban J connectivity index is 0.00000880. The quantitative estimate of drug-likeness (QED) is 0.147. The first-order valence-electron chi connectivity index (χ1n) is 29.6. The molecule has 9 rings (SSSR count). The van der Waals surface area contributed by atoms with E-state index in [-0.39, 0.29) is 95.7 Å². The van der Waals surface area contributed by atoms with Gasteiger partial charge in [-0.1, -0.05) is 204 Å². The molecule has 0 unspecified atom stereocenters. The van der Waals surface area contributed by atoms with Crippen LogP contribution in [0.15, 0.2) is 152 Å². The smallest absolute Gasteiger partial charge is 0.148 e. The number of nitrogens with zero attached hydrogens (tertiary/aromatic N) is 3. The van der Waals surface area contributed by atoms with E-state index in [2.05, 4.69) is 69.9 Å². The fraction of sp³-hybridized carbons (Fsp3) is 0.284. The Kier molecular flexibility index (Phi) is 11.1. The first-order chi connectivity index (χ1) is 37.7. The molecule has 0 aliphatic carbocycles. The Morgan fingerprint density at radius 3 is 1.94 bits per heavy atom. The molecule has 4 nitrogen and oxygen atoms in total. The number of aromatic hydroxyl groups is 1. The third kappa shape index (κ3) is 10.2. The molecule has 72 heavy (non-hydrogen) atoms. The van der Waals surface area contributed by atoms with Gasteiger partial charge in [0.05, 0.1) is 31.9 Å². The molecule has 2 aromatic heterocycles. The minimum Gasteiger partial charge on any atom is -0.507 e. The maximum atomic E-state index is 12.5. The van der Waals surface area contributed by atoms with E-state index >= 15 is 0 Å². The summed E-state index contributed by atoms with van der Waals surface area (Å²) in [5.41, 5.74) is 8.40. The zero-order chi connectivity index (χ0) is 59.3. The number of para-hydroxylation sites is 1. The van der Waals surface area contributed by atoms with Crippen molar-refractivity contribution in [2.24, 2.45) is 0 Å². The fourth-order valence-corrected chi connectivity index (χ4v) is 9.26. The standard InChI is InChI=1S/C67H70N3O.Pt/c1-41(2)48-38-55(42(3)4)63(71)56(39-48)64-69-62-54(49-35-50(37-52(36-49)66(9,10)11)58-40-46(32-33-68-58)44-26-29-51(30-27-44)65(6,7)8)23-19-25-60(62)70(64)59-31-28-47(34-43(59)5)61-53(45-20-16-15-17-21-45)22-18-24-57(61)67(12,13)14;/h15-34,36-42,71H,1-14H3;/q-1;/i5D3,26D,27D,29D,30D,32D,33D,40D;. The van der Waals surface area contributed by atoms with Crippen LogP contribution in [0.5, 0.6) is 5.75 Å². The molecule has 0 bridgehead atoms. The van der Waals surface area contributed by atoms with E-state index in [0.29, 0.717) is 44.8 Å². The van der Waals surface area contributed by atoms with Gasteiger partial charge in [-0.15, -0.1) is 29.3 Å². The van der Waals surface area contributed by atoms with E-state index in [0.717, 1.165) is 38.9 Å². The molecule has 2 heterocycles. The molecule has 1 N–H and O–H groups in total. The molecule has 0 atom stereocenters. The Bertz CT molecular complexity index is 3940. The summed E-state index contributed by atoms with van der Waals surface area (Å²) >= 11 is 0. The number of aromatic nitrogens is 3. The number of fused-ring (bicyclic) bond motifs is 1. The van der Waals surface area contributed by atoms with E-state index in [1.807, 2.05) is 118 Å². The molecular formula is C67H70N3OPt-. The largest absolute Gasteiger partial charge is 0.507 e. The van der Waals surface area contributed by atoms with Gasteiger partial charge in [0.1, 0.15) is 11.6 Å². The summed E-state index contributed by atoms with van der Waals surface area (Å²) in [6, 6.07) is 36.5. The Morgan fingerprint density at radius 2 is 1.29 bits per heavy atom. The second kappa shape index (κ2) is 19.9. The van der Waals surface area contributed by atoms with Crippen LogP contribution in [0.3, 0.4) is 0 Å². The Labute approximate surface area is 458 Å². The molecule has 0 spiro atoms. The summed E-state index contributed by atoms with van der Waals surface area (Å²) in [5.74, 6) is 0.307. The number of phenols is 1. The normalized spacial score (nSPS) is 14.4. The molecule has 9 aromatic rings. The first-order valence-corrected chi connectivity index (χ1v) is 24.6. The van der Waals surface area contributed by atoms with Gasteiger partial charge in [0.2, 0.25) is 0 Å². The average Bonchev–Trinajstić information content (AvgIpc) is 3.58. The molecule has 0 fully saturated rings. The van der Waals surface area contributed by atoms with Crippen molar-refractivity contribution in [1.29, 1.82) is 0 Å². The van der Waals surface area contributed by atoms with Gasteiger partial charge in [0.25, 0.3) is 0 Å². The predicted molar refractivity (Wildman–Crippen MR) is 301 cm³/mol. The first kappa shape index (κ1) is 40.2. The molecule has 7 aromatic carbocycles. The number of aryl methyl sites for hydroxylation is 1. The van der Waals surface area contributed by atoms with Crippen molar-refractivity contribution in [3.05, 3.63) is 191 Å². The maximum Gasteiger partial charge on any atom is 0.148 e. The topological polar surface area (TPSA) is 50.9 Å². The summed E-state index contributed by atoms with van der Waals surface area (Å²) < 4.78 is 93.8. The second-order valence-electron chi connectivity index (χ2n) is 22.5. The summed E-state index contributed by atoms with van der Waals surface area (Å²) in [4.78, 5) is 9.98. The summed E-state index contributed by atoms with van der Waals surface area (Å²) in [6.07, 6.45) is -0.521. The predicted octanol–water partition coefficient (Wildman–Crippen LogP) is 18.4. The number of rotatable bonds is 9. The van der Waals surface area contributed by atoms with Crippen LogP contribution in [0.1, 0.15) is 149 Å². The van der Waals surface area contributed by atoms with Crippen LogP contribution in [0, 0.1) is 12.9 Å². The fourth-order valence-electron chi connectivity index (χ4n) is 9.26. The second-order valence-corrected chi connectivity index (χ2v) is 22.5. The van der Waals surface area contributed by atoms with Crippen molar-refractivity contribution in [1.82, 2.24) is 14.5 Å². The molecule has 0 aliphatic heterocycles. The molecule has 0 aliphatic rings. The van der Waals surface area contributed by atoms with Gasteiger partial charge in [-0.25, -0.2) is 4.98 Å². The molecule has 0 saturated carbocycles. The van der Waals surface area contributed by atoms with Gasteiger partial charge in [0, 0.05) is 37.0 Å². The van der Waals surface area contributed by atoms with E-state index in [4.69, 9.17) is 13.2 Å². The van der Waals surface area contributed by atoms with E-state index in [9.17, 15) is 10.6 Å². The summed E-state index contributed by atoms with van der Waals surface area (Å²) in [5, 5.41) is 12.5. The van der Waals surface area contributed by atoms with Crippen molar-refractivity contribution >= 4 is 11.0 Å². The van der Waals surface area contributed by atoms with Gasteiger partial charge in [-0.05, 0) is 126 Å². The van der Waals surface area contributed by atoms with Crippen LogP contribution < -0.4 is 0 Å². The molecule has 0 radical (unpaired) electrons. The van der Waals surface area contributed by atoms with Crippen molar-refractivity contribution < 1.29 is 39.9 Å². The van der Waals surface area contributed by atoms with Crippen molar-refractivity contribution in [3.8, 4) is 78.6 Å². The minimum atomic E-state index is -2.65. The van der Waals surface area contributed by atoms with E-state index in [1.165, 1.54) is 0 Å². The Morgan fingerprint density at radius 1 is 0.611 bits per heavy atom. The summed E-state index contributed by atoms with van der Waals surface area (Å²) in [7, 11) is 0. The summed E-state index contributed by atoms with van der Waals surface area (Å²) in [6.45, 7) is 23.5. The van der Waals surface area contributed by atoms with Crippen LogP contribution in [0.2, 0.25) is 0 Å². The average molecular weight is 1140 g/mol. The van der Waals surface area contributed by atoms with Crippen LogP contribution in [0.4, 0.5) is 0 Å². The van der Waals surface area contributed by atoms with E-state index in [1.54, 1.807) is 26.8 Å². The number of pyridine rings is 1. The van der Waals surface area contributed by atoms with Gasteiger partial charge >= 0.3 is 0 Å². The third-order valence-corrected chi connectivity index (χ3v) is 13.4.